The molecule has 0 aromatic heterocycles. The zero-order valence-corrected chi connectivity index (χ0v) is 16.1. The summed E-state index contributed by atoms with van der Waals surface area (Å²) in [6.07, 6.45) is 1.01. The molecule has 0 spiro atoms. The van der Waals surface area contributed by atoms with Crippen LogP contribution >= 0.6 is 69.6 Å². The van der Waals surface area contributed by atoms with Crippen molar-refractivity contribution < 1.29 is 8.42 Å². The molecule has 0 atom stereocenters. The van der Waals surface area contributed by atoms with Gasteiger partial charge in [-0.05, 0) is 18.2 Å². The smallest absolute Gasteiger partial charge is 0.177 e. The third kappa shape index (κ3) is 3.46. The minimum Gasteiger partial charge on any atom is -0.224 e. The van der Waals surface area contributed by atoms with Crippen molar-refractivity contribution in [1.82, 2.24) is 0 Å². The highest BCUT2D eigenvalue weighted by Crippen LogP contribution is 2.46. The van der Waals surface area contributed by atoms with E-state index in [9.17, 15) is 8.42 Å². The van der Waals surface area contributed by atoms with Gasteiger partial charge >= 0.3 is 0 Å². The summed E-state index contributed by atoms with van der Waals surface area (Å²) in [6.45, 7) is 0. The van der Waals surface area contributed by atoms with E-state index in [0.29, 0.717) is 5.56 Å². The number of hydrogen-bond donors (Lipinski definition) is 0. The first-order chi connectivity index (χ1) is 10.0. The Morgan fingerprint density at radius 2 is 1.27 bits per heavy atom. The molecule has 2 nitrogen and oxygen atoms in total. The van der Waals surface area contributed by atoms with Gasteiger partial charge in [0.05, 0.1) is 35.0 Å². The third-order valence-electron chi connectivity index (χ3n) is 2.80. The molecular weight excluding hydrogens is 433 g/mol. The highest BCUT2D eigenvalue weighted by molar-refractivity contribution is 7.90. The first kappa shape index (κ1) is 18.5. The maximum absolute atomic E-state index is 11.8. The zero-order valence-electron chi connectivity index (χ0n) is 10.7. The van der Waals surface area contributed by atoms with Crippen molar-refractivity contribution in [3.63, 3.8) is 0 Å². The third-order valence-corrected chi connectivity index (χ3v) is 6.25. The maximum Gasteiger partial charge on any atom is 0.177 e. The minimum absolute atomic E-state index is 0.0311. The molecule has 0 unspecified atom stereocenters. The minimum atomic E-state index is -3.61. The van der Waals surface area contributed by atoms with E-state index in [1.807, 2.05) is 0 Å². The molecule has 0 fully saturated rings. The van der Waals surface area contributed by atoms with Crippen molar-refractivity contribution in [2.75, 3.05) is 6.26 Å². The molecule has 9 heteroatoms. The second-order valence-electron chi connectivity index (χ2n) is 4.38. The average molecular weight is 439 g/mol. The van der Waals surface area contributed by atoms with Gasteiger partial charge in [-0.1, -0.05) is 69.6 Å². The highest BCUT2D eigenvalue weighted by Gasteiger charge is 2.23. The zero-order chi connectivity index (χ0) is 16.8. The Morgan fingerprint density at radius 3 is 1.82 bits per heavy atom. The summed E-state index contributed by atoms with van der Waals surface area (Å²) >= 11 is 36.4. The highest BCUT2D eigenvalue weighted by atomic mass is 35.5. The number of sulfone groups is 1. The second kappa shape index (κ2) is 6.56. The van der Waals surface area contributed by atoms with Crippen molar-refractivity contribution in [3.8, 4) is 11.1 Å². The van der Waals surface area contributed by atoms with E-state index in [1.165, 1.54) is 18.2 Å². The van der Waals surface area contributed by atoms with Crippen LogP contribution in [0.25, 0.3) is 11.1 Å². The number of rotatable bonds is 2. The molecule has 22 heavy (non-hydrogen) atoms. The number of halogens is 6. The molecule has 0 N–H and O–H groups in total. The molecule has 0 amide bonds. The Bertz CT molecular complexity index is 877. The molecule has 0 saturated heterocycles. The van der Waals surface area contributed by atoms with Crippen molar-refractivity contribution in [2.24, 2.45) is 0 Å². The Morgan fingerprint density at radius 1 is 0.727 bits per heavy atom. The van der Waals surface area contributed by atoms with Crippen LogP contribution < -0.4 is 0 Å². The van der Waals surface area contributed by atoms with Crippen LogP contribution in [0.2, 0.25) is 30.1 Å². The summed E-state index contributed by atoms with van der Waals surface area (Å²) < 4.78 is 23.7. The SMILES string of the molecule is CS(=O)(=O)c1cc(Cl)c(Cl)c(-c2cc(Cl)c(Cl)cc2Cl)c1Cl. The van der Waals surface area contributed by atoms with Crippen molar-refractivity contribution >= 4 is 79.4 Å². The normalized spacial score (nSPS) is 11.8. The van der Waals surface area contributed by atoms with Gasteiger partial charge in [0, 0.05) is 17.4 Å². The average Bonchev–Trinajstić information content (AvgIpc) is 2.38. The molecule has 0 heterocycles. The molecule has 0 aliphatic carbocycles. The molecule has 2 aromatic rings. The quantitative estimate of drug-likeness (QED) is 0.490. The second-order valence-corrected chi connectivity index (χ2v) is 8.75. The van der Waals surface area contributed by atoms with Crippen LogP contribution in [0.5, 0.6) is 0 Å². The topological polar surface area (TPSA) is 34.1 Å². The summed E-state index contributed by atoms with van der Waals surface area (Å²) in [5.41, 5.74) is 0.512. The van der Waals surface area contributed by atoms with E-state index in [4.69, 9.17) is 69.6 Å². The standard InChI is InChI=1S/C13H6Cl6O2S/c1-22(20,21)10-4-9(17)12(18)11(13(10)19)5-2-7(15)8(16)3-6(5)14/h2-4H,1H3. The van der Waals surface area contributed by atoms with Crippen LogP contribution in [0, 0.1) is 0 Å². The van der Waals surface area contributed by atoms with Crippen molar-refractivity contribution in [1.29, 1.82) is 0 Å². The fourth-order valence-corrected chi connectivity index (χ4v) is 4.44. The summed E-state index contributed by atoms with van der Waals surface area (Å²) in [6, 6.07) is 4.05. The van der Waals surface area contributed by atoms with Crippen LogP contribution in [-0.4, -0.2) is 14.7 Å². The summed E-state index contributed by atoms with van der Waals surface area (Å²) in [5.74, 6) is 0. The van der Waals surface area contributed by atoms with Gasteiger partial charge < -0.3 is 0 Å². The molecular formula is C13H6Cl6O2S. The molecule has 118 valence electrons. The Balaban J connectivity index is 2.93. The fourth-order valence-electron chi connectivity index (χ4n) is 1.80. The van der Waals surface area contributed by atoms with Gasteiger partial charge in [0.2, 0.25) is 0 Å². The lowest BCUT2D eigenvalue weighted by Gasteiger charge is -2.14. The van der Waals surface area contributed by atoms with Crippen molar-refractivity contribution in [2.45, 2.75) is 4.90 Å². The van der Waals surface area contributed by atoms with Crippen molar-refractivity contribution in [3.05, 3.63) is 48.3 Å². The first-order valence-corrected chi connectivity index (χ1v) is 9.72. The Kier molecular flexibility index (Phi) is 5.51. The molecule has 0 aliphatic heterocycles. The van der Waals surface area contributed by atoms with E-state index in [-0.39, 0.29) is 40.6 Å². The molecule has 2 rings (SSSR count). The van der Waals surface area contributed by atoms with E-state index >= 15 is 0 Å². The van der Waals surface area contributed by atoms with Gasteiger partial charge in [-0.15, -0.1) is 0 Å². The number of benzene rings is 2. The predicted molar refractivity (Wildman–Crippen MR) is 95.0 cm³/mol. The molecule has 0 bridgehead atoms. The predicted octanol–water partition coefficient (Wildman–Crippen LogP) is 6.68. The van der Waals surface area contributed by atoms with Crippen LogP contribution in [0.15, 0.2) is 23.1 Å². The lowest BCUT2D eigenvalue weighted by Crippen LogP contribution is -2.00. The van der Waals surface area contributed by atoms with Crippen LogP contribution in [0.4, 0.5) is 0 Å². The van der Waals surface area contributed by atoms with Crippen LogP contribution in [0.3, 0.4) is 0 Å². The van der Waals surface area contributed by atoms with Gasteiger partial charge in [-0.2, -0.15) is 0 Å². The monoisotopic (exact) mass is 436 g/mol. The van der Waals surface area contributed by atoms with Crippen LogP contribution in [-0.2, 0) is 9.84 Å². The van der Waals surface area contributed by atoms with Gasteiger partial charge in [0.15, 0.2) is 9.84 Å². The summed E-state index contributed by atoms with van der Waals surface area (Å²) in [7, 11) is -3.61. The first-order valence-electron chi connectivity index (χ1n) is 5.56. The van der Waals surface area contributed by atoms with E-state index < -0.39 is 9.84 Å². The Hall–Kier alpha value is 0.130. The summed E-state index contributed by atoms with van der Waals surface area (Å²) in [4.78, 5) is -0.152. The van der Waals surface area contributed by atoms with Gasteiger partial charge in [-0.25, -0.2) is 8.42 Å². The molecule has 0 saturated carbocycles. The Labute approximate surface area is 157 Å². The lowest BCUT2D eigenvalue weighted by molar-refractivity contribution is 0.602. The molecule has 0 aliphatic rings. The van der Waals surface area contributed by atoms with E-state index in [2.05, 4.69) is 0 Å². The summed E-state index contributed by atoms with van der Waals surface area (Å²) in [5, 5.41) is 0.683. The molecule has 0 radical (unpaired) electrons. The van der Waals surface area contributed by atoms with Gasteiger partial charge in [-0.3, -0.25) is 0 Å². The van der Waals surface area contributed by atoms with E-state index in [0.717, 1.165) is 6.26 Å². The van der Waals surface area contributed by atoms with Crippen LogP contribution in [0.1, 0.15) is 0 Å². The number of hydrogen-bond acceptors (Lipinski definition) is 2. The van der Waals surface area contributed by atoms with Gasteiger partial charge in [0.25, 0.3) is 0 Å². The van der Waals surface area contributed by atoms with Gasteiger partial charge in [0.1, 0.15) is 0 Å². The lowest BCUT2D eigenvalue weighted by atomic mass is 10.1. The molecule has 2 aromatic carbocycles. The maximum atomic E-state index is 11.8. The fraction of sp³-hybridized carbons (Fsp3) is 0.0769. The largest absolute Gasteiger partial charge is 0.224 e. The van der Waals surface area contributed by atoms with E-state index in [1.54, 1.807) is 0 Å².